The van der Waals surface area contributed by atoms with Gasteiger partial charge in [0.1, 0.15) is 17.0 Å². The fourth-order valence-electron chi connectivity index (χ4n) is 4.94. The topological polar surface area (TPSA) is 101 Å². The summed E-state index contributed by atoms with van der Waals surface area (Å²) in [6.45, 7) is 7.00. The monoisotopic (exact) mass is 475 g/mol. The highest BCUT2D eigenvalue weighted by Gasteiger charge is 2.25. The first-order valence-electron chi connectivity index (χ1n) is 12.0. The fourth-order valence-corrected chi connectivity index (χ4v) is 4.94. The minimum absolute atomic E-state index is 0.0756. The highest BCUT2D eigenvalue weighted by atomic mass is 19.1. The second-order valence-electron chi connectivity index (χ2n) is 9.28. The Bertz CT molecular complexity index is 1410. The van der Waals surface area contributed by atoms with Crippen LogP contribution in [0.2, 0.25) is 0 Å². The summed E-state index contributed by atoms with van der Waals surface area (Å²) in [6.07, 6.45) is 5.57. The van der Waals surface area contributed by atoms with Crippen LogP contribution in [0.4, 0.5) is 4.39 Å². The molecule has 5 rings (SSSR count). The Kier molecular flexibility index (Phi) is 6.17. The summed E-state index contributed by atoms with van der Waals surface area (Å²) in [6, 6.07) is 9.03. The lowest BCUT2D eigenvalue weighted by molar-refractivity contribution is 0.111. The summed E-state index contributed by atoms with van der Waals surface area (Å²) in [5.74, 6) is 0.351. The molecule has 7 nitrogen and oxygen atoms in total. The Morgan fingerprint density at radius 1 is 1.23 bits per heavy atom. The van der Waals surface area contributed by atoms with Crippen LogP contribution in [0.3, 0.4) is 0 Å². The minimum atomic E-state index is -0.408. The molecule has 0 fully saturated rings. The number of imidazole rings is 1. The van der Waals surface area contributed by atoms with Crippen molar-refractivity contribution in [3.05, 3.63) is 59.7 Å². The van der Waals surface area contributed by atoms with Gasteiger partial charge in [-0.3, -0.25) is 10.00 Å². The van der Waals surface area contributed by atoms with E-state index in [4.69, 9.17) is 0 Å². The molecule has 0 amide bonds. The average Bonchev–Trinajstić information content (AvgIpc) is 3.52. The number of nitrogens with one attached hydrogen (secondary N) is 2. The van der Waals surface area contributed by atoms with E-state index in [2.05, 4.69) is 38.1 Å². The number of fused-ring (bicyclic) bond motifs is 1. The normalized spacial score (nSPS) is 17.6. The molecular formula is C27H30FN5O2. The molecule has 1 aliphatic rings. The maximum Gasteiger partial charge on any atom is 0.159 e. The number of benzene rings is 2. The summed E-state index contributed by atoms with van der Waals surface area (Å²) < 4.78 is 15.6. The zero-order valence-electron chi connectivity index (χ0n) is 20.1. The molecule has 0 spiro atoms. The van der Waals surface area contributed by atoms with Crippen LogP contribution in [0.1, 0.15) is 38.4 Å². The molecule has 1 aliphatic heterocycles. The number of hydrogen-bond acceptors (Lipinski definition) is 5. The summed E-state index contributed by atoms with van der Waals surface area (Å²) >= 11 is 0. The van der Waals surface area contributed by atoms with E-state index in [-0.39, 0.29) is 23.9 Å². The minimum Gasteiger partial charge on any atom is -0.508 e. The molecule has 2 aromatic heterocycles. The van der Waals surface area contributed by atoms with Gasteiger partial charge in [-0.15, -0.1) is 0 Å². The zero-order chi connectivity index (χ0) is 24.7. The predicted molar refractivity (Wildman–Crippen MR) is 135 cm³/mol. The third-order valence-corrected chi connectivity index (χ3v) is 7.04. The maximum atomic E-state index is 15.6. The van der Waals surface area contributed by atoms with Gasteiger partial charge in [-0.05, 0) is 61.6 Å². The number of phenols is 1. The van der Waals surface area contributed by atoms with Gasteiger partial charge in [0.05, 0.1) is 18.5 Å². The Balaban J connectivity index is 1.48. The van der Waals surface area contributed by atoms with Crippen LogP contribution < -0.4 is 0 Å². The molecule has 2 atom stereocenters. The van der Waals surface area contributed by atoms with Crippen LogP contribution in [0.5, 0.6) is 5.75 Å². The summed E-state index contributed by atoms with van der Waals surface area (Å²) in [5, 5.41) is 27.3. The summed E-state index contributed by atoms with van der Waals surface area (Å²) in [5.41, 5.74) is 4.97. The van der Waals surface area contributed by atoms with Gasteiger partial charge in [-0.2, -0.15) is 5.10 Å². The van der Waals surface area contributed by atoms with Crippen molar-refractivity contribution in [2.45, 2.75) is 45.7 Å². The van der Waals surface area contributed by atoms with Crippen molar-refractivity contribution in [3.8, 4) is 28.4 Å². The lowest BCUT2D eigenvalue weighted by Crippen LogP contribution is -2.44. The van der Waals surface area contributed by atoms with Gasteiger partial charge in [0.2, 0.25) is 0 Å². The number of aryl methyl sites for hydroxylation is 1. The standard InChI is InChI=1S/C27H30FN5O2/c1-4-17-11-19(35)7-8-20(17)21-9-10-22-25(24(21)28)31-32-26(22)27-29-12-23(30-27)18-6-5-15(2)33(13-18)16(3)14-34/h6-12,15-16,34-35H,4-5,13-14H2,1-3H3,(H,29,30)(H,31,32)/t15-,16?/m0/s1. The molecule has 0 bridgehead atoms. The Morgan fingerprint density at radius 2 is 2.03 bits per heavy atom. The number of aromatic amines is 2. The number of rotatable bonds is 6. The number of aliphatic hydroxyl groups excluding tert-OH is 1. The quantitative estimate of drug-likeness (QED) is 0.318. The van der Waals surface area contributed by atoms with Gasteiger partial charge in [0, 0.05) is 29.6 Å². The summed E-state index contributed by atoms with van der Waals surface area (Å²) in [7, 11) is 0. The van der Waals surface area contributed by atoms with Crippen molar-refractivity contribution in [3.63, 3.8) is 0 Å². The highest BCUT2D eigenvalue weighted by molar-refractivity contribution is 5.95. The predicted octanol–water partition coefficient (Wildman–Crippen LogP) is 4.89. The first kappa shape index (κ1) is 23.3. The largest absolute Gasteiger partial charge is 0.508 e. The molecule has 182 valence electrons. The Morgan fingerprint density at radius 3 is 2.80 bits per heavy atom. The molecule has 0 radical (unpaired) electrons. The van der Waals surface area contributed by atoms with Gasteiger partial charge in [-0.25, -0.2) is 9.37 Å². The van der Waals surface area contributed by atoms with E-state index >= 15 is 4.39 Å². The fraction of sp³-hybridized carbons (Fsp3) is 0.333. The highest BCUT2D eigenvalue weighted by Crippen LogP contribution is 2.35. The molecule has 0 saturated heterocycles. The van der Waals surface area contributed by atoms with Crippen LogP contribution in [0.25, 0.3) is 39.1 Å². The van der Waals surface area contributed by atoms with E-state index in [0.717, 1.165) is 35.4 Å². The third-order valence-electron chi connectivity index (χ3n) is 7.04. The van der Waals surface area contributed by atoms with Crippen molar-refractivity contribution in [1.29, 1.82) is 0 Å². The number of phenolic OH excluding ortho intramolecular Hbond substituents is 1. The van der Waals surface area contributed by atoms with Crippen molar-refractivity contribution >= 4 is 16.5 Å². The van der Waals surface area contributed by atoms with Crippen LogP contribution in [0.15, 0.2) is 42.6 Å². The molecule has 0 saturated carbocycles. The Hall–Kier alpha value is -3.49. The van der Waals surface area contributed by atoms with Crippen LogP contribution in [0, 0.1) is 5.82 Å². The molecule has 3 heterocycles. The van der Waals surface area contributed by atoms with Gasteiger partial charge in [-0.1, -0.05) is 25.1 Å². The molecule has 8 heteroatoms. The van der Waals surface area contributed by atoms with E-state index in [9.17, 15) is 10.2 Å². The van der Waals surface area contributed by atoms with Gasteiger partial charge in [0.25, 0.3) is 0 Å². The first-order valence-corrected chi connectivity index (χ1v) is 12.0. The number of hydrogen-bond donors (Lipinski definition) is 4. The number of halogens is 1. The molecule has 1 unspecified atom stereocenters. The summed E-state index contributed by atoms with van der Waals surface area (Å²) in [4.78, 5) is 10.2. The molecular weight excluding hydrogens is 445 g/mol. The Labute approximate surface area is 203 Å². The van der Waals surface area contributed by atoms with Gasteiger partial charge >= 0.3 is 0 Å². The third kappa shape index (κ3) is 4.13. The van der Waals surface area contributed by atoms with Crippen molar-refractivity contribution < 1.29 is 14.6 Å². The van der Waals surface area contributed by atoms with Crippen molar-refractivity contribution in [2.75, 3.05) is 13.2 Å². The van der Waals surface area contributed by atoms with Crippen LogP contribution in [-0.2, 0) is 6.42 Å². The number of aliphatic hydroxyl groups is 1. The van der Waals surface area contributed by atoms with Crippen molar-refractivity contribution in [2.24, 2.45) is 0 Å². The molecule has 4 aromatic rings. The van der Waals surface area contributed by atoms with E-state index in [0.29, 0.717) is 34.9 Å². The van der Waals surface area contributed by atoms with Crippen LogP contribution >= 0.6 is 0 Å². The maximum absolute atomic E-state index is 15.6. The lowest BCUT2D eigenvalue weighted by atomic mass is 9.96. The van der Waals surface area contributed by atoms with E-state index in [1.54, 1.807) is 30.5 Å². The number of aromatic hydroxyl groups is 1. The number of nitrogens with zero attached hydrogens (tertiary/aromatic N) is 3. The molecule has 4 N–H and O–H groups in total. The van der Waals surface area contributed by atoms with E-state index in [1.807, 2.05) is 19.9 Å². The smallest absolute Gasteiger partial charge is 0.159 e. The van der Waals surface area contributed by atoms with Crippen LogP contribution in [-0.4, -0.2) is 60.5 Å². The molecule has 35 heavy (non-hydrogen) atoms. The number of H-pyrrole nitrogens is 2. The molecule has 0 aliphatic carbocycles. The van der Waals surface area contributed by atoms with E-state index < -0.39 is 5.82 Å². The lowest BCUT2D eigenvalue weighted by Gasteiger charge is -2.37. The first-order chi connectivity index (χ1) is 16.9. The van der Waals surface area contributed by atoms with Gasteiger partial charge < -0.3 is 15.2 Å². The zero-order valence-corrected chi connectivity index (χ0v) is 20.1. The number of aromatic nitrogens is 4. The SMILES string of the molecule is CCc1cc(O)ccc1-c1ccc2c(-c3ncc(C4=CC[C@H](C)N(C(C)CO)C4)[nH]3)[nH]nc2c1F. The second kappa shape index (κ2) is 9.28. The van der Waals surface area contributed by atoms with Crippen molar-refractivity contribution in [1.82, 2.24) is 25.1 Å². The van der Waals surface area contributed by atoms with E-state index in [1.165, 1.54) is 0 Å². The molecule has 2 aromatic carbocycles. The van der Waals surface area contributed by atoms with Gasteiger partial charge in [0.15, 0.2) is 11.6 Å². The second-order valence-corrected chi connectivity index (χ2v) is 9.28. The average molecular weight is 476 g/mol.